The van der Waals surface area contributed by atoms with E-state index in [1.807, 2.05) is 0 Å². The molecule has 0 bridgehead atoms. The highest BCUT2D eigenvalue weighted by Crippen LogP contribution is 2.28. The van der Waals surface area contributed by atoms with E-state index in [4.69, 9.17) is 0 Å². The van der Waals surface area contributed by atoms with Crippen molar-refractivity contribution in [2.75, 3.05) is 0 Å². The van der Waals surface area contributed by atoms with Gasteiger partial charge >= 0.3 is 0 Å². The monoisotopic (exact) mass is 326 g/mol. The van der Waals surface area contributed by atoms with E-state index in [2.05, 4.69) is 44.2 Å². The van der Waals surface area contributed by atoms with E-state index in [-0.39, 0.29) is 0 Å². The molecule has 1 unspecified atom stereocenters. The van der Waals surface area contributed by atoms with Crippen LogP contribution >= 0.6 is 0 Å². The van der Waals surface area contributed by atoms with Gasteiger partial charge in [0, 0.05) is 0 Å². The fourth-order valence-corrected chi connectivity index (χ4v) is 4.03. The quantitative estimate of drug-likeness (QED) is 0.356. The Labute approximate surface area is 150 Å². The SMILES string of the molecule is CCCCCCCC1C=CC=C(CCC/C(C)=C2/C=CCCC2)C1. The van der Waals surface area contributed by atoms with Crippen molar-refractivity contribution in [2.45, 2.75) is 97.3 Å². The molecule has 0 radical (unpaired) electrons. The van der Waals surface area contributed by atoms with Gasteiger partial charge in [-0.1, -0.05) is 80.6 Å². The van der Waals surface area contributed by atoms with Crippen molar-refractivity contribution in [1.29, 1.82) is 0 Å². The maximum Gasteiger partial charge on any atom is -0.0193 e. The summed E-state index contributed by atoms with van der Waals surface area (Å²) in [7, 11) is 0. The zero-order valence-corrected chi connectivity index (χ0v) is 16.2. The van der Waals surface area contributed by atoms with Crippen molar-refractivity contribution >= 4 is 0 Å². The standard InChI is InChI=1S/C24H38/c1-3-4-5-6-8-14-22-16-12-17-23(20-22)15-11-13-21(2)24-18-9-7-10-19-24/h9,12,16-18,22H,3-8,10-11,13-15,19-20H2,1-2H3/b24-21-. The topological polar surface area (TPSA) is 0 Å². The second kappa shape index (κ2) is 11.5. The Hall–Kier alpha value is -1.04. The highest BCUT2D eigenvalue weighted by Gasteiger charge is 2.11. The van der Waals surface area contributed by atoms with Crippen molar-refractivity contribution in [2.24, 2.45) is 5.92 Å². The molecule has 0 aliphatic heterocycles. The van der Waals surface area contributed by atoms with Crippen molar-refractivity contribution < 1.29 is 0 Å². The summed E-state index contributed by atoms with van der Waals surface area (Å²) in [6.45, 7) is 4.64. The van der Waals surface area contributed by atoms with E-state index in [9.17, 15) is 0 Å². The van der Waals surface area contributed by atoms with Crippen molar-refractivity contribution in [3.8, 4) is 0 Å². The van der Waals surface area contributed by atoms with Crippen LogP contribution < -0.4 is 0 Å². The van der Waals surface area contributed by atoms with Gasteiger partial charge in [0.2, 0.25) is 0 Å². The molecular formula is C24H38. The summed E-state index contributed by atoms with van der Waals surface area (Å²) in [5, 5.41) is 0. The summed E-state index contributed by atoms with van der Waals surface area (Å²) in [5.74, 6) is 0.812. The fourth-order valence-electron chi connectivity index (χ4n) is 4.03. The van der Waals surface area contributed by atoms with Crippen LogP contribution in [-0.2, 0) is 0 Å². The van der Waals surface area contributed by atoms with Gasteiger partial charge in [0.15, 0.2) is 0 Å². The molecule has 1 atom stereocenters. The van der Waals surface area contributed by atoms with Crippen LogP contribution in [0.2, 0.25) is 0 Å². The van der Waals surface area contributed by atoms with Gasteiger partial charge in [0.05, 0.1) is 0 Å². The summed E-state index contributed by atoms with van der Waals surface area (Å²) < 4.78 is 0. The van der Waals surface area contributed by atoms with Crippen LogP contribution in [0.4, 0.5) is 0 Å². The van der Waals surface area contributed by atoms with E-state index < -0.39 is 0 Å². The fraction of sp³-hybridized carbons (Fsp3) is 0.667. The van der Waals surface area contributed by atoms with E-state index in [1.165, 1.54) is 83.5 Å². The molecule has 0 N–H and O–H groups in total. The highest BCUT2D eigenvalue weighted by atomic mass is 14.2. The Kier molecular flexibility index (Phi) is 9.24. The molecule has 0 nitrogen and oxygen atoms in total. The summed E-state index contributed by atoms with van der Waals surface area (Å²) >= 11 is 0. The van der Waals surface area contributed by atoms with E-state index in [1.54, 1.807) is 16.7 Å². The van der Waals surface area contributed by atoms with E-state index in [0.717, 1.165) is 5.92 Å². The average Bonchev–Trinajstić information content (AvgIpc) is 2.62. The molecule has 0 heterocycles. The number of hydrogen-bond acceptors (Lipinski definition) is 0. The van der Waals surface area contributed by atoms with Gasteiger partial charge < -0.3 is 0 Å². The third-order valence-electron chi connectivity index (χ3n) is 5.65. The number of rotatable bonds is 10. The third-order valence-corrected chi connectivity index (χ3v) is 5.65. The molecular weight excluding hydrogens is 288 g/mol. The molecule has 0 heteroatoms. The molecule has 24 heavy (non-hydrogen) atoms. The van der Waals surface area contributed by atoms with Gasteiger partial charge in [-0.2, -0.15) is 0 Å². The van der Waals surface area contributed by atoms with Gasteiger partial charge in [-0.3, -0.25) is 0 Å². The molecule has 134 valence electrons. The minimum absolute atomic E-state index is 0.812. The molecule has 0 fully saturated rings. The molecule has 0 aromatic carbocycles. The Morgan fingerprint density at radius 3 is 2.79 bits per heavy atom. The lowest BCUT2D eigenvalue weighted by Gasteiger charge is -2.19. The van der Waals surface area contributed by atoms with Crippen LogP contribution in [0, 0.1) is 5.92 Å². The molecule has 0 aromatic rings. The van der Waals surface area contributed by atoms with Crippen LogP contribution in [0.15, 0.2) is 47.1 Å². The first-order valence-corrected chi connectivity index (χ1v) is 10.5. The van der Waals surface area contributed by atoms with Crippen LogP contribution in [0.5, 0.6) is 0 Å². The van der Waals surface area contributed by atoms with Crippen molar-refractivity contribution in [3.05, 3.63) is 47.1 Å². The van der Waals surface area contributed by atoms with E-state index >= 15 is 0 Å². The van der Waals surface area contributed by atoms with Crippen LogP contribution in [0.25, 0.3) is 0 Å². The molecule has 2 aliphatic carbocycles. The number of unbranched alkanes of at least 4 members (excludes halogenated alkanes) is 4. The maximum atomic E-state index is 2.45. The molecule has 2 aliphatic rings. The first-order valence-electron chi connectivity index (χ1n) is 10.5. The molecule has 0 aromatic heterocycles. The summed E-state index contributed by atoms with van der Waals surface area (Å²) in [6.07, 6.45) is 29.4. The predicted octanol–water partition coefficient (Wildman–Crippen LogP) is 8.08. The zero-order valence-electron chi connectivity index (χ0n) is 16.2. The van der Waals surface area contributed by atoms with Gasteiger partial charge in [0.25, 0.3) is 0 Å². The Morgan fingerprint density at radius 1 is 1.12 bits per heavy atom. The minimum Gasteiger partial charge on any atom is -0.0843 e. The Morgan fingerprint density at radius 2 is 2.00 bits per heavy atom. The molecule has 0 saturated heterocycles. The lowest BCUT2D eigenvalue weighted by molar-refractivity contribution is 0.510. The summed E-state index contributed by atoms with van der Waals surface area (Å²) in [5.41, 5.74) is 4.93. The van der Waals surface area contributed by atoms with Crippen molar-refractivity contribution in [3.63, 3.8) is 0 Å². The first kappa shape index (κ1) is 19.3. The minimum atomic E-state index is 0.812. The smallest absolute Gasteiger partial charge is 0.0193 e. The second-order valence-electron chi connectivity index (χ2n) is 7.83. The molecule has 2 rings (SSSR count). The second-order valence-corrected chi connectivity index (χ2v) is 7.83. The number of allylic oxidation sites excluding steroid dienone is 8. The highest BCUT2D eigenvalue weighted by molar-refractivity contribution is 5.27. The molecule has 0 amide bonds. The Bertz CT molecular complexity index is 472. The van der Waals surface area contributed by atoms with Gasteiger partial charge in [0.1, 0.15) is 0 Å². The van der Waals surface area contributed by atoms with Crippen LogP contribution in [-0.4, -0.2) is 0 Å². The van der Waals surface area contributed by atoms with Gasteiger partial charge in [-0.25, -0.2) is 0 Å². The van der Waals surface area contributed by atoms with E-state index in [0.29, 0.717) is 0 Å². The maximum absolute atomic E-state index is 2.45. The molecule has 0 saturated carbocycles. The Balaban J connectivity index is 1.64. The summed E-state index contributed by atoms with van der Waals surface area (Å²) in [6, 6.07) is 0. The summed E-state index contributed by atoms with van der Waals surface area (Å²) in [4.78, 5) is 0. The first-order chi connectivity index (χ1) is 11.8. The van der Waals surface area contributed by atoms with Crippen LogP contribution in [0.1, 0.15) is 97.3 Å². The predicted molar refractivity (Wildman–Crippen MR) is 108 cm³/mol. The largest absolute Gasteiger partial charge is 0.0843 e. The van der Waals surface area contributed by atoms with Gasteiger partial charge in [-0.05, 0) is 69.8 Å². The molecule has 0 spiro atoms. The lowest BCUT2D eigenvalue weighted by atomic mass is 9.87. The number of hydrogen-bond donors (Lipinski definition) is 0. The normalized spacial score (nSPS) is 22.6. The zero-order chi connectivity index (χ0) is 17.0. The third kappa shape index (κ3) is 7.24. The lowest BCUT2D eigenvalue weighted by Crippen LogP contribution is -2.03. The van der Waals surface area contributed by atoms with Gasteiger partial charge in [-0.15, -0.1) is 0 Å². The van der Waals surface area contributed by atoms with Crippen LogP contribution in [0.3, 0.4) is 0 Å². The average molecular weight is 327 g/mol. The van der Waals surface area contributed by atoms with Crippen molar-refractivity contribution in [1.82, 2.24) is 0 Å².